The lowest BCUT2D eigenvalue weighted by atomic mass is 9.82. The first-order valence-corrected chi connectivity index (χ1v) is 22.2. The molecule has 63 heavy (non-hydrogen) atoms. The standard InChI is InChI=1S/C61H54N2/c1-5-59(54-36-29-50(30-37-54)47-18-10-7-11-19-47)63(4)61(62-44(3)45-24-26-49(27-25-45)46-16-8-6-9-17-46)56-40-33-52(34-41-56)51-31-38-55(39-32-51)60-43(2)42-57-22-13-12-20-48(57)28-35-53-21-14-15-23-58(53)60/h5-6,8-10,12-34,36-42,60-61H,2,7,11,35H2,1,3-4H3/b48-28-,57-42-,59-5-,62-44?/t60-,61+/m1/s1. The number of nitrogens with zero attached hydrogens (tertiary/aromatic N) is 2. The van der Waals surface area contributed by atoms with Gasteiger partial charge in [-0.3, -0.25) is 4.99 Å². The monoisotopic (exact) mass is 814 g/mol. The van der Waals surface area contributed by atoms with Crippen molar-refractivity contribution in [3.8, 4) is 22.3 Å². The zero-order valence-corrected chi connectivity index (χ0v) is 36.6. The molecule has 2 heteroatoms. The molecule has 2 aliphatic carbocycles. The molecular weight excluding hydrogens is 761 g/mol. The zero-order valence-electron chi connectivity index (χ0n) is 36.6. The van der Waals surface area contributed by atoms with Crippen LogP contribution in [-0.2, 0) is 6.42 Å². The Kier molecular flexibility index (Phi) is 12.2. The Bertz CT molecular complexity index is 2980. The second kappa shape index (κ2) is 18.8. The third kappa shape index (κ3) is 9.03. The van der Waals surface area contributed by atoms with E-state index < -0.39 is 0 Å². The van der Waals surface area contributed by atoms with Crippen LogP contribution in [0.15, 0.2) is 217 Å². The molecule has 0 unspecified atom stereocenters. The molecular formula is C61H54N2. The SMILES string of the molecule is C=C1/C=c2/cccc/c2=C/Cc2ccccc2[C@H]1c1ccc(-c2ccc([C@@H](N=C(C)c3ccc(-c4ccccc4)cc3)N(C)/C(=C\C)c3ccc(C4=CCCC=C4)cc3)cc2)cc1. The van der Waals surface area contributed by atoms with Gasteiger partial charge in [0.15, 0.2) is 0 Å². The summed E-state index contributed by atoms with van der Waals surface area (Å²) in [7, 11) is 2.17. The van der Waals surface area contributed by atoms with E-state index in [-0.39, 0.29) is 12.1 Å². The summed E-state index contributed by atoms with van der Waals surface area (Å²) >= 11 is 0. The van der Waals surface area contributed by atoms with Crippen molar-refractivity contribution in [3.63, 3.8) is 0 Å². The topological polar surface area (TPSA) is 15.6 Å². The second-order valence-electron chi connectivity index (χ2n) is 16.7. The summed E-state index contributed by atoms with van der Waals surface area (Å²) in [5, 5.41) is 2.46. The van der Waals surface area contributed by atoms with Gasteiger partial charge in [-0.25, -0.2) is 0 Å². The Hall–Kier alpha value is -7.29. The van der Waals surface area contributed by atoms with E-state index in [0.717, 1.165) is 52.9 Å². The Morgan fingerprint density at radius 3 is 1.89 bits per heavy atom. The van der Waals surface area contributed by atoms with Gasteiger partial charge in [0, 0.05) is 24.4 Å². The molecule has 0 fully saturated rings. The van der Waals surface area contributed by atoms with Crippen LogP contribution in [0.1, 0.15) is 77.7 Å². The average molecular weight is 815 g/mol. The summed E-state index contributed by atoms with van der Waals surface area (Å²) < 4.78 is 0. The minimum absolute atomic E-state index is 0.0577. The van der Waals surface area contributed by atoms with E-state index >= 15 is 0 Å². The largest absolute Gasteiger partial charge is 0.349 e. The predicted molar refractivity (Wildman–Crippen MR) is 269 cm³/mol. The molecule has 7 aromatic rings. The first-order valence-electron chi connectivity index (χ1n) is 22.2. The Morgan fingerprint density at radius 2 is 1.21 bits per heavy atom. The molecule has 0 saturated heterocycles. The molecule has 0 bridgehead atoms. The molecule has 9 rings (SSSR count). The van der Waals surface area contributed by atoms with Crippen molar-refractivity contribution in [2.45, 2.75) is 45.2 Å². The fourth-order valence-electron chi connectivity index (χ4n) is 9.19. The molecule has 0 amide bonds. The van der Waals surface area contributed by atoms with Gasteiger partial charge >= 0.3 is 0 Å². The summed E-state index contributed by atoms with van der Waals surface area (Å²) in [6, 6.07) is 63.8. The summed E-state index contributed by atoms with van der Waals surface area (Å²) in [6.45, 7) is 8.91. The number of aliphatic imine (C=N–C) groups is 1. The lowest BCUT2D eigenvalue weighted by Crippen LogP contribution is -2.24. The lowest BCUT2D eigenvalue weighted by molar-refractivity contribution is 0.367. The highest BCUT2D eigenvalue weighted by atomic mass is 15.2. The van der Waals surface area contributed by atoms with Gasteiger partial charge in [-0.2, -0.15) is 0 Å². The normalized spacial score (nSPS) is 16.7. The number of allylic oxidation sites excluding steroid dienone is 6. The number of rotatable bonds is 10. The van der Waals surface area contributed by atoms with Gasteiger partial charge in [0.25, 0.3) is 0 Å². The minimum atomic E-state index is -0.266. The fourth-order valence-corrected chi connectivity index (χ4v) is 9.19. The third-order valence-corrected chi connectivity index (χ3v) is 12.7. The first-order chi connectivity index (χ1) is 30.9. The van der Waals surface area contributed by atoms with Crippen LogP contribution in [0.5, 0.6) is 0 Å². The van der Waals surface area contributed by atoms with Crippen LogP contribution in [0.25, 0.3) is 45.7 Å². The lowest BCUT2D eigenvalue weighted by Gasteiger charge is -2.31. The molecule has 0 aliphatic heterocycles. The highest BCUT2D eigenvalue weighted by molar-refractivity contribution is 5.99. The molecule has 0 aromatic heterocycles. The minimum Gasteiger partial charge on any atom is -0.349 e. The molecule has 2 aliphatic rings. The Labute approximate surface area is 373 Å². The van der Waals surface area contributed by atoms with E-state index in [1.807, 2.05) is 0 Å². The van der Waals surface area contributed by atoms with Crippen LogP contribution in [-0.4, -0.2) is 17.7 Å². The van der Waals surface area contributed by atoms with Crippen molar-refractivity contribution in [1.82, 2.24) is 4.90 Å². The fraction of sp³-hybridized carbons (Fsp3) is 0.131. The van der Waals surface area contributed by atoms with Crippen molar-refractivity contribution < 1.29 is 0 Å². The molecule has 0 radical (unpaired) electrons. The predicted octanol–water partition coefficient (Wildman–Crippen LogP) is 13.8. The number of hydrogen-bond donors (Lipinski definition) is 0. The van der Waals surface area contributed by atoms with Crippen LogP contribution in [0, 0.1) is 0 Å². The highest BCUT2D eigenvalue weighted by Crippen LogP contribution is 2.37. The van der Waals surface area contributed by atoms with Crippen LogP contribution >= 0.6 is 0 Å². The van der Waals surface area contributed by atoms with Gasteiger partial charge < -0.3 is 4.90 Å². The maximum atomic E-state index is 5.50. The van der Waals surface area contributed by atoms with E-state index in [9.17, 15) is 0 Å². The van der Waals surface area contributed by atoms with Crippen LogP contribution in [0.4, 0.5) is 0 Å². The third-order valence-electron chi connectivity index (χ3n) is 12.7. The Balaban J connectivity index is 1.03. The van der Waals surface area contributed by atoms with E-state index in [1.165, 1.54) is 60.5 Å². The summed E-state index contributed by atoms with van der Waals surface area (Å²) in [5.41, 5.74) is 17.8. The van der Waals surface area contributed by atoms with E-state index in [2.05, 4.69) is 245 Å². The van der Waals surface area contributed by atoms with Crippen LogP contribution in [0.2, 0.25) is 0 Å². The van der Waals surface area contributed by atoms with Crippen LogP contribution in [0.3, 0.4) is 0 Å². The molecule has 0 saturated carbocycles. The molecule has 0 N–H and O–H groups in total. The zero-order chi connectivity index (χ0) is 43.1. The van der Waals surface area contributed by atoms with Gasteiger partial charge in [-0.15, -0.1) is 0 Å². The molecule has 2 nitrogen and oxygen atoms in total. The molecule has 308 valence electrons. The Morgan fingerprint density at radius 1 is 0.619 bits per heavy atom. The van der Waals surface area contributed by atoms with Crippen molar-refractivity contribution in [3.05, 3.63) is 262 Å². The van der Waals surface area contributed by atoms with Crippen molar-refractivity contribution in [2.75, 3.05) is 7.05 Å². The van der Waals surface area contributed by atoms with Gasteiger partial charge in [0.05, 0.1) is 0 Å². The highest BCUT2D eigenvalue weighted by Gasteiger charge is 2.22. The molecule has 0 heterocycles. The van der Waals surface area contributed by atoms with Gasteiger partial charge in [-0.05, 0) is 116 Å². The maximum absolute atomic E-state index is 5.50. The number of hydrogen-bond acceptors (Lipinski definition) is 2. The van der Waals surface area contributed by atoms with Gasteiger partial charge in [0.1, 0.15) is 6.17 Å². The number of benzene rings is 7. The van der Waals surface area contributed by atoms with Crippen LogP contribution < -0.4 is 10.4 Å². The summed E-state index contributed by atoms with van der Waals surface area (Å²) in [4.78, 5) is 7.82. The smallest absolute Gasteiger partial charge is 0.147 e. The molecule has 7 aromatic carbocycles. The number of fused-ring (bicyclic) bond motifs is 2. The van der Waals surface area contributed by atoms with Crippen molar-refractivity contribution in [1.29, 1.82) is 0 Å². The first kappa shape index (κ1) is 41.1. The maximum Gasteiger partial charge on any atom is 0.147 e. The van der Waals surface area contributed by atoms with E-state index in [4.69, 9.17) is 4.99 Å². The van der Waals surface area contributed by atoms with Gasteiger partial charge in [-0.1, -0.05) is 219 Å². The van der Waals surface area contributed by atoms with Gasteiger partial charge in [0.2, 0.25) is 0 Å². The van der Waals surface area contributed by atoms with Crippen molar-refractivity contribution in [2.24, 2.45) is 4.99 Å². The molecule has 2 atom stereocenters. The summed E-state index contributed by atoms with van der Waals surface area (Å²) in [5.74, 6) is 0.0577. The van der Waals surface area contributed by atoms with Crippen molar-refractivity contribution >= 4 is 29.1 Å². The average Bonchev–Trinajstić information content (AvgIpc) is 3.40. The summed E-state index contributed by atoms with van der Waals surface area (Å²) in [6.07, 6.45) is 16.5. The quantitative estimate of drug-likeness (QED) is 0.126. The second-order valence-corrected chi connectivity index (χ2v) is 16.7. The van der Waals surface area contributed by atoms with E-state index in [0.29, 0.717) is 0 Å². The van der Waals surface area contributed by atoms with E-state index in [1.54, 1.807) is 0 Å². The molecule has 0 spiro atoms.